The fraction of sp³-hybridized carbons (Fsp3) is 0.500. The van der Waals surface area contributed by atoms with Crippen LogP contribution in [0.4, 0.5) is 10.1 Å². The van der Waals surface area contributed by atoms with Crippen molar-refractivity contribution in [1.82, 2.24) is 0 Å². The number of carbonyl (C=O) groups excluding carboxylic acids is 1. The summed E-state index contributed by atoms with van der Waals surface area (Å²) in [6, 6.07) is 4.69. The van der Waals surface area contributed by atoms with Crippen LogP contribution >= 0.6 is 0 Å². The van der Waals surface area contributed by atoms with Gasteiger partial charge in [-0.25, -0.2) is 4.39 Å². The van der Waals surface area contributed by atoms with Crippen LogP contribution in [0.1, 0.15) is 36.5 Å². The van der Waals surface area contributed by atoms with Crippen molar-refractivity contribution < 1.29 is 9.18 Å². The minimum atomic E-state index is -0.285. The zero-order valence-corrected chi connectivity index (χ0v) is 10.2. The molecule has 0 aromatic heterocycles. The van der Waals surface area contributed by atoms with Gasteiger partial charge in [0.1, 0.15) is 5.82 Å². The second-order valence-corrected chi connectivity index (χ2v) is 4.68. The first-order valence-electron chi connectivity index (χ1n) is 6.25. The van der Waals surface area contributed by atoms with Crippen LogP contribution in [0.15, 0.2) is 18.2 Å². The summed E-state index contributed by atoms with van der Waals surface area (Å²) in [6.07, 6.45) is 4.18. The number of hydrogen-bond acceptors (Lipinski definition) is 2. The zero-order chi connectivity index (χ0) is 12.3. The van der Waals surface area contributed by atoms with E-state index in [1.165, 1.54) is 12.5 Å². The quantitative estimate of drug-likeness (QED) is 0.746. The molecule has 1 unspecified atom stereocenters. The predicted molar refractivity (Wildman–Crippen MR) is 67.0 cm³/mol. The van der Waals surface area contributed by atoms with Crippen molar-refractivity contribution >= 4 is 12.0 Å². The lowest BCUT2D eigenvalue weighted by Crippen LogP contribution is -2.22. The molecule has 2 nitrogen and oxygen atoms in total. The topological polar surface area (TPSA) is 20.3 Å². The Hall–Kier alpha value is -1.38. The van der Waals surface area contributed by atoms with E-state index in [-0.39, 0.29) is 5.82 Å². The van der Waals surface area contributed by atoms with Crippen molar-refractivity contribution in [2.75, 3.05) is 18.0 Å². The molecule has 1 atom stereocenters. The van der Waals surface area contributed by atoms with Crippen molar-refractivity contribution in [3.05, 3.63) is 29.6 Å². The van der Waals surface area contributed by atoms with Crippen LogP contribution in [-0.2, 0) is 0 Å². The molecule has 17 heavy (non-hydrogen) atoms. The smallest absolute Gasteiger partial charge is 0.152 e. The lowest BCUT2D eigenvalue weighted by Gasteiger charge is -2.21. The minimum absolute atomic E-state index is 0.285. The lowest BCUT2D eigenvalue weighted by atomic mass is 10.0. The molecule has 1 aromatic rings. The maximum Gasteiger partial charge on any atom is 0.152 e. The molecular formula is C14H18FNO. The summed E-state index contributed by atoms with van der Waals surface area (Å²) in [4.78, 5) is 13.0. The van der Waals surface area contributed by atoms with Gasteiger partial charge in [-0.05, 0) is 30.9 Å². The minimum Gasteiger partial charge on any atom is -0.368 e. The molecule has 92 valence electrons. The molecule has 1 heterocycles. The van der Waals surface area contributed by atoms with E-state index in [2.05, 4.69) is 6.92 Å². The normalized spacial score (nSPS) is 19.6. The van der Waals surface area contributed by atoms with Gasteiger partial charge in [-0.3, -0.25) is 4.79 Å². The summed E-state index contributed by atoms with van der Waals surface area (Å²) in [5.41, 5.74) is 0.947. The van der Waals surface area contributed by atoms with Crippen LogP contribution in [0.25, 0.3) is 0 Å². The van der Waals surface area contributed by atoms with Gasteiger partial charge in [0.2, 0.25) is 0 Å². The van der Waals surface area contributed by atoms with E-state index in [1.54, 1.807) is 12.1 Å². The van der Waals surface area contributed by atoms with E-state index in [0.717, 1.165) is 32.2 Å². The number of aldehydes is 1. The maximum atomic E-state index is 13.8. The number of para-hydroxylation sites is 1. The highest BCUT2D eigenvalue weighted by Crippen LogP contribution is 2.30. The Morgan fingerprint density at radius 3 is 3.06 bits per heavy atom. The van der Waals surface area contributed by atoms with Gasteiger partial charge in [0, 0.05) is 18.7 Å². The number of rotatable bonds is 4. The van der Waals surface area contributed by atoms with E-state index in [1.807, 2.05) is 4.90 Å². The number of hydrogen-bond donors (Lipinski definition) is 0. The fourth-order valence-electron chi connectivity index (χ4n) is 2.64. The predicted octanol–water partition coefficient (Wildman–Crippen LogP) is 3.26. The molecule has 0 N–H and O–H groups in total. The van der Waals surface area contributed by atoms with Gasteiger partial charge in [-0.1, -0.05) is 19.4 Å². The third kappa shape index (κ3) is 2.48. The van der Waals surface area contributed by atoms with Gasteiger partial charge < -0.3 is 4.90 Å². The third-order valence-electron chi connectivity index (χ3n) is 3.44. The largest absolute Gasteiger partial charge is 0.368 e. The summed E-state index contributed by atoms with van der Waals surface area (Å²) >= 11 is 0. The summed E-state index contributed by atoms with van der Waals surface area (Å²) in [5, 5.41) is 0. The van der Waals surface area contributed by atoms with E-state index >= 15 is 0 Å². The molecule has 1 aromatic carbocycles. The molecular weight excluding hydrogens is 217 g/mol. The van der Waals surface area contributed by atoms with E-state index < -0.39 is 0 Å². The first-order chi connectivity index (χ1) is 8.26. The van der Waals surface area contributed by atoms with Gasteiger partial charge >= 0.3 is 0 Å². The van der Waals surface area contributed by atoms with Gasteiger partial charge in [0.05, 0.1) is 5.69 Å². The van der Waals surface area contributed by atoms with Crippen LogP contribution in [0.5, 0.6) is 0 Å². The molecule has 3 heteroatoms. The molecule has 2 rings (SSSR count). The average Bonchev–Trinajstić information content (AvgIpc) is 2.77. The molecule has 0 aliphatic carbocycles. The fourth-order valence-corrected chi connectivity index (χ4v) is 2.64. The van der Waals surface area contributed by atoms with Crippen LogP contribution in [0.2, 0.25) is 0 Å². The molecule has 0 saturated carbocycles. The summed E-state index contributed by atoms with van der Waals surface area (Å²) in [7, 11) is 0. The standard InChI is InChI=1S/C14H18FNO/c1-2-4-11-7-8-16(9-11)14-12(10-17)5-3-6-13(14)15/h3,5-6,10-11H,2,4,7-9H2,1H3. The van der Waals surface area contributed by atoms with Gasteiger partial charge in [0.15, 0.2) is 6.29 Å². The summed E-state index contributed by atoms with van der Waals surface area (Å²) in [6.45, 7) is 3.89. The lowest BCUT2D eigenvalue weighted by molar-refractivity contribution is 0.112. The van der Waals surface area contributed by atoms with Crippen molar-refractivity contribution in [2.45, 2.75) is 26.2 Å². The maximum absolute atomic E-state index is 13.8. The molecule has 0 bridgehead atoms. The Bertz CT molecular complexity index is 405. The monoisotopic (exact) mass is 235 g/mol. The highest BCUT2D eigenvalue weighted by molar-refractivity contribution is 5.84. The van der Waals surface area contributed by atoms with Gasteiger partial charge in [-0.2, -0.15) is 0 Å². The van der Waals surface area contributed by atoms with E-state index in [0.29, 0.717) is 17.2 Å². The molecule has 1 saturated heterocycles. The van der Waals surface area contributed by atoms with Crippen molar-refractivity contribution in [2.24, 2.45) is 5.92 Å². The third-order valence-corrected chi connectivity index (χ3v) is 3.44. The highest BCUT2D eigenvalue weighted by atomic mass is 19.1. The number of halogens is 1. The van der Waals surface area contributed by atoms with Crippen LogP contribution in [-0.4, -0.2) is 19.4 Å². The zero-order valence-electron chi connectivity index (χ0n) is 10.2. The van der Waals surface area contributed by atoms with Crippen molar-refractivity contribution in [3.8, 4) is 0 Å². The van der Waals surface area contributed by atoms with Crippen LogP contribution in [0.3, 0.4) is 0 Å². The molecule has 1 fully saturated rings. The van der Waals surface area contributed by atoms with E-state index in [4.69, 9.17) is 0 Å². The van der Waals surface area contributed by atoms with Gasteiger partial charge in [-0.15, -0.1) is 0 Å². The Morgan fingerprint density at radius 2 is 2.35 bits per heavy atom. The number of carbonyl (C=O) groups is 1. The number of benzene rings is 1. The first-order valence-corrected chi connectivity index (χ1v) is 6.25. The van der Waals surface area contributed by atoms with E-state index in [9.17, 15) is 9.18 Å². The highest BCUT2D eigenvalue weighted by Gasteiger charge is 2.25. The Balaban J connectivity index is 2.21. The first kappa shape index (κ1) is 12.1. The Kier molecular flexibility index (Phi) is 3.77. The number of anilines is 1. The number of nitrogens with zero attached hydrogens (tertiary/aromatic N) is 1. The summed E-state index contributed by atoms with van der Waals surface area (Å²) < 4.78 is 13.8. The summed E-state index contributed by atoms with van der Waals surface area (Å²) in [5.74, 6) is 0.353. The molecule has 0 amide bonds. The molecule has 0 spiro atoms. The SMILES string of the molecule is CCCC1CCN(c2c(F)cccc2C=O)C1. The van der Waals surface area contributed by atoms with Gasteiger partial charge in [0.25, 0.3) is 0 Å². The Morgan fingerprint density at radius 1 is 1.53 bits per heavy atom. The molecule has 0 radical (unpaired) electrons. The Labute approximate surface area is 101 Å². The van der Waals surface area contributed by atoms with Crippen molar-refractivity contribution in [3.63, 3.8) is 0 Å². The molecule has 1 aliphatic rings. The van der Waals surface area contributed by atoms with Crippen molar-refractivity contribution in [1.29, 1.82) is 0 Å². The average molecular weight is 235 g/mol. The second kappa shape index (κ2) is 5.30. The van der Waals surface area contributed by atoms with Crippen LogP contribution < -0.4 is 4.90 Å². The second-order valence-electron chi connectivity index (χ2n) is 4.68. The molecule has 1 aliphatic heterocycles. The van der Waals surface area contributed by atoms with Crippen LogP contribution in [0, 0.1) is 11.7 Å².